The van der Waals surface area contributed by atoms with Gasteiger partial charge in [-0.3, -0.25) is 4.79 Å². The van der Waals surface area contributed by atoms with Crippen LogP contribution >= 0.6 is 58.0 Å². The van der Waals surface area contributed by atoms with Gasteiger partial charge in [0.05, 0.1) is 25.8 Å². The van der Waals surface area contributed by atoms with Crippen molar-refractivity contribution in [3.8, 4) is 5.75 Å². The lowest BCUT2D eigenvalue weighted by Crippen LogP contribution is -2.20. The molecule has 0 heterocycles. The molecule has 8 heteroatoms. The van der Waals surface area contributed by atoms with Gasteiger partial charge in [0.2, 0.25) is 0 Å². The van der Waals surface area contributed by atoms with Crippen LogP contribution in [0.15, 0.2) is 30.3 Å². The lowest BCUT2D eigenvalue weighted by molar-refractivity contribution is -0.118. The molecule has 0 saturated carbocycles. The highest BCUT2D eigenvalue weighted by Gasteiger charge is 2.11. The normalized spacial score (nSPS) is 10.4. The summed E-state index contributed by atoms with van der Waals surface area (Å²) in [5, 5.41) is 4.21. The van der Waals surface area contributed by atoms with Gasteiger partial charge in [-0.05, 0) is 24.3 Å². The molecule has 0 aliphatic rings. The van der Waals surface area contributed by atoms with Crippen LogP contribution < -0.4 is 10.1 Å². The maximum absolute atomic E-state index is 11.9. The second kappa shape index (κ2) is 7.62. The Hall–Kier alpha value is -0.840. The Morgan fingerprint density at radius 3 is 2.32 bits per heavy atom. The quantitative estimate of drug-likeness (QED) is 0.643. The second-order valence-corrected chi connectivity index (χ2v) is 6.22. The first-order valence-corrected chi connectivity index (χ1v) is 7.78. The van der Waals surface area contributed by atoms with E-state index < -0.39 is 5.91 Å². The van der Waals surface area contributed by atoms with Crippen LogP contribution in [-0.2, 0) is 4.79 Å². The number of hydrogen-bond acceptors (Lipinski definition) is 2. The van der Waals surface area contributed by atoms with Gasteiger partial charge in [-0.15, -0.1) is 0 Å². The molecular formula is C14H8Cl5NO2. The predicted octanol–water partition coefficient (Wildman–Crippen LogP) is 5.97. The van der Waals surface area contributed by atoms with Crippen LogP contribution in [0.5, 0.6) is 5.75 Å². The number of hydrogen-bond donors (Lipinski definition) is 1. The van der Waals surface area contributed by atoms with Gasteiger partial charge >= 0.3 is 0 Å². The van der Waals surface area contributed by atoms with Crippen molar-refractivity contribution < 1.29 is 9.53 Å². The molecule has 2 aromatic rings. The summed E-state index contributed by atoms with van der Waals surface area (Å²) in [6.45, 7) is -0.267. The maximum Gasteiger partial charge on any atom is 0.262 e. The highest BCUT2D eigenvalue weighted by Crippen LogP contribution is 2.32. The minimum atomic E-state index is -0.434. The molecule has 22 heavy (non-hydrogen) atoms. The molecule has 1 N–H and O–H groups in total. The van der Waals surface area contributed by atoms with E-state index in [1.54, 1.807) is 12.1 Å². The van der Waals surface area contributed by atoms with Gasteiger partial charge in [0.1, 0.15) is 5.75 Å². The molecule has 2 rings (SSSR count). The van der Waals surface area contributed by atoms with Crippen molar-refractivity contribution >= 4 is 69.6 Å². The number of nitrogens with one attached hydrogen (secondary N) is 1. The molecule has 0 aliphatic carbocycles. The fourth-order valence-electron chi connectivity index (χ4n) is 1.54. The van der Waals surface area contributed by atoms with Gasteiger partial charge in [-0.2, -0.15) is 0 Å². The summed E-state index contributed by atoms with van der Waals surface area (Å²) in [5.41, 5.74) is 0.335. The predicted molar refractivity (Wildman–Crippen MR) is 92.1 cm³/mol. The smallest absolute Gasteiger partial charge is 0.262 e. The highest BCUT2D eigenvalue weighted by molar-refractivity contribution is 6.44. The molecule has 116 valence electrons. The number of anilines is 1. The molecule has 3 nitrogen and oxygen atoms in total. The van der Waals surface area contributed by atoms with E-state index in [4.69, 9.17) is 62.7 Å². The van der Waals surface area contributed by atoms with Crippen LogP contribution in [0.1, 0.15) is 0 Å². The average Bonchev–Trinajstić information content (AvgIpc) is 2.45. The maximum atomic E-state index is 11.9. The molecule has 0 saturated heterocycles. The zero-order chi connectivity index (χ0) is 16.3. The summed E-state index contributed by atoms with van der Waals surface area (Å²) >= 11 is 29.4. The topological polar surface area (TPSA) is 38.3 Å². The summed E-state index contributed by atoms with van der Waals surface area (Å²) in [7, 11) is 0. The van der Waals surface area contributed by atoms with E-state index in [1.807, 2.05) is 0 Å². The number of rotatable bonds is 4. The first-order valence-electron chi connectivity index (χ1n) is 5.89. The third-order valence-corrected chi connectivity index (χ3v) is 4.12. The van der Waals surface area contributed by atoms with E-state index in [-0.39, 0.29) is 16.7 Å². The third-order valence-electron chi connectivity index (χ3n) is 2.54. The fourth-order valence-corrected chi connectivity index (χ4v) is 2.46. The van der Waals surface area contributed by atoms with Crippen molar-refractivity contribution in [2.45, 2.75) is 0 Å². The van der Waals surface area contributed by atoms with Crippen LogP contribution in [0, 0.1) is 0 Å². The van der Waals surface area contributed by atoms with Gasteiger partial charge in [0.15, 0.2) is 6.61 Å². The molecule has 0 aromatic heterocycles. The Kier molecular flexibility index (Phi) is 6.07. The van der Waals surface area contributed by atoms with Crippen LogP contribution in [-0.4, -0.2) is 12.5 Å². The van der Waals surface area contributed by atoms with Crippen molar-refractivity contribution in [2.75, 3.05) is 11.9 Å². The summed E-state index contributed by atoms with van der Waals surface area (Å²) < 4.78 is 5.31. The molecule has 0 bridgehead atoms. The Balaban J connectivity index is 2.02. The van der Waals surface area contributed by atoms with E-state index in [1.165, 1.54) is 18.2 Å². The zero-order valence-corrected chi connectivity index (χ0v) is 14.6. The number of carbonyl (C=O) groups excluding carboxylic acids is 1. The summed E-state index contributed by atoms with van der Waals surface area (Å²) in [6.07, 6.45) is 0. The van der Waals surface area contributed by atoms with E-state index in [0.717, 1.165) is 0 Å². The Morgan fingerprint density at radius 2 is 1.59 bits per heavy atom. The molecule has 0 spiro atoms. The number of benzene rings is 2. The summed E-state index contributed by atoms with van der Waals surface area (Å²) in [4.78, 5) is 11.9. The Bertz CT molecular complexity index is 721. The van der Waals surface area contributed by atoms with Crippen molar-refractivity contribution in [1.29, 1.82) is 0 Å². The Morgan fingerprint density at radius 1 is 0.909 bits per heavy atom. The lowest BCUT2D eigenvalue weighted by atomic mass is 10.3. The zero-order valence-electron chi connectivity index (χ0n) is 10.8. The third kappa shape index (κ3) is 4.58. The molecule has 2 aromatic carbocycles. The van der Waals surface area contributed by atoms with Crippen molar-refractivity contribution in [3.63, 3.8) is 0 Å². The van der Waals surface area contributed by atoms with Crippen LogP contribution in [0.2, 0.25) is 25.1 Å². The van der Waals surface area contributed by atoms with Gasteiger partial charge in [-0.25, -0.2) is 0 Å². The summed E-state index contributed by atoms with van der Waals surface area (Å²) in [5.74, 6) is -0.124. The minimum absolute atomic E-state index is 0.267. The number of amides is 1. The molecule has 0 atom stereocenters. The first kappa shape index (κ1) is 17.5. The molecule has 1 amide bonds. The van der Waals surface area contributed by atoms with Gasteiger partial charge in [0, 0.05) is 11.1 Å². The van der Waals surface area contributed by atoms with E-state index in [2.05, 4.69) is 5.32 Å². The molecule has 0 radical (unpaired) electrons. The highest BCUT2D eigenvalue weighted by atomic mass is 35.5. The molecule has 0 fully saturated rings. The van der Waals surface area contributed by atoms with E-state index in [9.17, 15) is 4.79 Å². The number of halogens is 5. The van der Waals surface area contributed by atoms with Crippen molar-refractivity contribution in [2.24, 2.45) is 0 Å². The fraction of sp³-hybridized carbons (Fsp3) is 0.0714. The van der Waals surface area contributed by atoms with E-state index >= 15 is 0 Å². The summed E-state index contributed by atoms with van der Waals surface area (Å²) in [6, 6.07) is 7.61. The SMILES string of the molecule is O=C(COc1cc(Cl)ccc1Cl)Nc1cc(Cl)c(Cl)cc1Cl. The average molecular weight is 399 g/mol. The molecular weight excluding hydrogens is 391 g/mol. The second-order valence-electron chi connectivity index (χ2n) is 4.16. The number of carbonyl (C=O) groups is 1. The minimum Gasteiger partial charge on any atom is -0.482 e. The monoisotopic (exact) mass is 397 g/mol. The lowest BCUT2D eigenvalue weighted by Gasteiger charge is -2.11. The van der Waals surface area contributed by atoms with Gasteiger partial charge in [-0.1, -0.05) is 58.0 Å². The van der Waals surface area contributed by atoms with Crippen LogP contribution in [0.25, 0.3) is 0 Å². The molecule has 0 aliphatic heterocycles. The first-order chi connectivity index (χ1) is 10.4. The van der Waals surface area contributed by atoms with Crippen molar-refractivity contribution in [1.82, 2.24) is 0 Å². The van der Waals surface area contributed by atoms with E-state index in [0.29, 0.717) is 26.5 Å². The van der Waals surface area contributed by atoms with Gasteiger partial charge in [0.25, 0.3) is 5.91 Å². The standard InChI is InChI=1S/C14H8Cl5NO2/c15-7-1-2-8(16)13(3-7)22-6-14(21)20-12-5-10(18)9(17)4-11(12)19/h1-5H,6H2,(H,20,21). The Labute approximate surface area is 152 Å². The van der Waals surface area contributed by atoms with Crippen LogP contribution in [0.4, 0.5) is 5.69 Å². The molecule has 0 unspecified atom stereocenters. The van der Waals surface area contributed by atoms with Gasteiger partial charge < -0.3 is 10.1 Å². The van der Waals surface area contributed by atoms with Crippen LogP contribution in [0.3, 0.4) is 0 Å². The van der Waals surface area contributed by atoms with Crippen molar-refractivity contribution in [3.05, 3.63) is 55.4 Å². The number of ether oxygens (including phenoxy) is 1. The largest absolute Gasteiger partial charge is 0.482 e.